The predicted octanol–water partition coefficient (Wildman–Crippen LogP) is 4.64. The van der Waals surface area contributed by atoms with Gasteiger partial charge in [0.25, 0.3) is 0 Å². The molecule has 2 atom stereocenters. The Labute approximate surface area is 238 Å². The maximum Gasteiger partial charge on any atom is 0.407 e. The van der Waals surface area contributed by atoms with Crippen molar-refractivity contribution < 1.29 is 33.8 Å². The number of aliphatic carboxylic acids is 1. The number of amides is 2. The van der Waals surface area contributed by atoms with Crippen molar-refractivity contribution >= 4 is 23.9 Å². The Kier molecular flexibility index (Phi) is 9.73. The molecule has 2 amide bonds. The molecular formula is C32H34N2O7. The normalized spacial score (nSPS) is 13.4. The third kappa shape index (κ3) is 7.72. The van der Waals surface area contributed by atoms with Gasteiger partial charge in [-0.1, -0.05) is 92.7 Å². The summed E-state index contributed by atoms with van der Waals surface area (Å²) in [4.78, 5) is 50.1. The number of ether oxygens (including phenoxy) is 2. The molecule has 1 aliphatic carbocycles. The Morgan fingerprint density at radius 1 is 0.780 bits per heavy atom. The summed E-state index contributed by atoms with van der Waals surface area (Å²) in [6.45, 7) is 3.58. The summed E-state index contributed by atoms with van der Waals surface area (Å²) in [6.07, 6.45) is -1.64. The Balaban J connectivity index is 1.43. The van der Waals surface area contributed by atoms with Crippen molar-refractivity contribution in [1.82, 2.24) is 10.6 Å². The summed E-state index contributed by atoms with van der Waals surface area (Å²) in [7, 11) is 0. The van der Waals surface area contributed by atoms with Crippen molar-refractivity contribution in [3.8, 4) is 11.1 Å². The third-order valence-electron chi connectivity index (χ3n) is 7.09. The van der Waals surface area contributed by atoms with Gasteiger partial charge in [-0.25, -0.2) is 4.79 Å². The lowest BCUT2D eigenvalue weighted by atomic mass is 9.98. The van der Waals surface area contributed by atoms with Crippen LogP contribution >= 0.6 is 0 Å². The summed E-state index contributed by atoms with van der Waals surface area (Å²) in [5.41, 5.74) is 5.00. The van der Waals surface area contributed by atoms with Crippen molar-refractivity contribution in [3.63, 3.8) is 0 Å². The molecule has 1 aliphatic rings. The number of carbonyl (C=O) groups is 4. The highest BCUT2D eigenvalue weighted by atomic mass is 16.5. The molecule has 0 heterocycles. The van der Waals surface area contributed by atoms with E-state index < -0.39 is 42.4 Å². The summed E-state index contributed by atoms with van der Waals surface area (Å²) >= 11 is 0. The fourth-order valence-electron chi connectivity index (χ4n) is 4.88. The lowest BCUT2D eigenvalue weighted by molar-refractivity contribution is -0.147. The molecule has 4 rings (SSSR count). The molecule has 214 valence electrons. The largest absolute Gasteiger partial charge is 0.481 e. The maximum absolute atomic E-state index is 13.2. The van der Waals surface area contributed by atoms with Crippen LogP contribution in [0.1, 0.15) is 49.3 Å². The van der Waals surface area contributed by atoms with Crippen LogP contribution in [0.25, 0.3) is 11.1 Å². The van der Waals surface area contributed by atoms with E-state index in [9.17, 15) is 24.3 Å². The van der Waals surface area contributed by atoms with E-state index in [0.717, 1.165) is 27.8 Å². The number of hydrogen-bond donors (Lipinski definition) is 3. The van der Waals surface area contributed by atoms with Gasteiger partial charge in [-0.15, -0.1) is 0 Å². The highest BCUT2D eigenvalue weighted by molar-refractivity contribution is 5.90. The minimum atomic E-state index is -1.33. The zero-order valence-corrected chi connectivity index (χ0v) is 23.0. The molecule has 9 nitrogen and oxygen atoms in total. The van der Waals surface area contributed by atoms with Crippen LogP contribution in [-0.4, -0.2) is 47.7 Å². The molecule has 3 aromatic carbocycles. The number of hydrogen-bond acceptors (Lipinski definition) is 6. The van der Waals surface area contributed by atoms with Gasteiger partial charge in [0.2, 0.25) is 5.91 Å². The zero-order valence-electron chi connectivity index (χ0n) is 23.0. The number of carboxylic acid groups (broad SMARTS) is 1. The molecule has 9 heteroatoms. The van der Waals surface area contributed by atoms with E-state index in [2.05, 4.69) is 10.6 Å². The summed E-state index contributed by atoms with van der Waals surface area (Å²) in [6, 6.07) is 22.8. The van der Waals surface area contributed by atoms with Gasteiger partial charge >= 0.3 is 18.0 Å². The van der Waals surface area contributed by atoms with Crippen molar-refractivity contribution in [2.24, 2.45) is 5.92 Å². The van der Waals surface area contributed by atoms with Gasteiger partial charge in [-0.05, 0) is 33.7 Å². The number of esters is 1. The van der Waals surface area contributed by atoms with Gasteiger partial charge in [0, 0.05) is 12.0 Å². The number of carboxylic acids is 1. The molecule has 3 aromatic rings. The van der Waals surface area contributed by atoms with Crippen LogP contribution in [0.5, 0.6) is 0 Å². The van der Waals surface area contributed by atoms with Crippen molar-refractivity contribution in [2.45, 2.75) is 51.3 Å². The summed E-state index contributed by atoms with van der Waals surface area (Å²) in [5.74, 6) is -2.86. The number of rotatable bonds is 12. The van der Waals surface area contributed by atoms with Crippen molar-refractivity contribution in [2.75, 3.05) is 6.61 Å². The number of nitrogens with one attached hydrogen (secondary N) is 2. The standard InChI is InChI=1S/C32H34N2O7/c1-20(2)27(16-29(35)36)33-31(38)28(17-30(37)40-18-21-10-4-3-5-11-21)34-32(39)41-19-26-24-14-8-6-12-22(24)23-13-7-9-15-25(23)26/h3-15,20,26-28H,16-19H2,1-2H3,(H,33,38)(H,34,39)(H,35,36)/t27-,28-/m0/s1. The molecule has 0 saturated carbocycles. The van der Waals surface area contributed by atoms with Gasteiger partial charge < -0.3 is 25.2 Å². The minimum absolute atomic E-state index is 0.00654. The second-order valence-corrected chi connectivity index (χ2v) is 10.3. The Morgan fingerprint density at radius 3 is 1.95 bits per heavy atom. The monoisotopic (exact) mass is 558 g/mol. The molecule has 0 bridgehead atoms. The number of benzene rings is 3. The third-order valence-corrected chi connectivity index (χ3v) is 7.09. The molecule has 3 N–H and O–H groups in total. The molecule has 0 unspecified atom stereocenters. The van der Waals surface area contributed by atoms with E-state index >= 15 is 0 Å². The first-order valence-electron chi connectivity index (χ1n) is 13.6. The lowest BCUT2D eigenvalue weighted by Crippen LogP contribution is -2.52. The molecule has 0 saturated heterocycles. The smallest absolute Gasteiger partial charge is 0.407 e. The predicted molar refractivity (Wildman–Crippen MR) is 152 cm³/mol. The molecule has 0 radical (unpaired) electrons. The lowest BCUT2D eigenvalue weighted by Gasteiger charge is -2.24. The van der Waals surface area contributed by atoms with Crippen LogP contribution in [0.2, 0.25) is 0 Å². The van der Waals surface area contributed by atoms with Gasteiger partial charge in [0.1, 0.15) is 19.3 Å². The molecule has 0 fully saturated rings. The Morgan fingerprint density at radius 2 is 1.37 bits per heavy atom. The quantitative estimate of drug-likeness (QED) is 0.276. The Hall–Kier alpha value is -4.66. The average Bonchev–Trinajstić information content (AvgIpc) is 3.28. The second-order valence-electron chi connectivity index (χ2n) is 10.3. The van der Waals surface area contributed by atoms with E-state index in [4.69, 9.17) is 9.47 Å². The van der Waals surface area contributed by atoms with Crippen LogP contribution in [0.15, 0.2) is 78.9 Å². The van der Waals surface area contributed by atoms with Crippen LogP contribution in [-0.2, 0) is 30.5 Å². The Bertz CT molecular complexity index is 1340. The number of alkyl carbamates (subject to hydrolysis) is 1. The molecule has 0 aliphatic heterocycles. The van der Waals surface area contributed by atoms with Crippen LogP contribution in [0.3, 0.4) is 0 Å². The summed E-state index contributed by atoms with van der Waals surface area (Å²) < 4.78 is 10.9. The first-order chi connectivity index (χ1) is 19.7. The molecule has 0 spiro atoms. The van der Waals surface area contributed by atoms with Crippen LogP contribution in [0, 0.1) is 5.92 Å². The highest BCUT2D eigenvalue weighted by Gasteiger charge is 2.31. The van der Waals surface area contributed by atoms with Crippen molar-refractivity contribution in [3.05, 3.63) is 95.6 Å². The first-order valence-corrected chi connectivity index (χ1v) is 13.6. The second kappa shape index (κ2) is 13.6. The maximum atomic E-state index is 13.2. The van der Waals surface area contributed by atoms with Crippen LogP contribution < -0.4 is 10.6 Å². The topological polar surface area (TPSA) is 131 Å². The van der Waals surface area contributed by atoms with E-state index in [-0.39, 0.29) is 31.5 Å². The zero-order chi connectivity index (χ0) is 29.4. The van der Waals surface area contributed by atoms with E-state index in [1.54, 1.807) is 26.0 Å². The molecule has 41 heavy (non-hydrogen) atoms. The van der Waals surface area contributed by atoms with Crippen molar-refractivity contribution in [1.29, 1.82) is 0 Å². The number of carbonyl (C=O) groups excluding carboxylic acids is 3. The molecule has 0 aromatic heterocycles. The van der Waals surface area contributed by atoms with Crippen LogP contribution in [0.4, 0.5) is 4.79 Å². The van der Waals surface area contributed by atoms with Gasteiger partial charge in [-0.2, -0.15) is 0 Å². The van der Waals surface area contributed by atoms with E-state index in [1.165, 1.54) is 0 Å². The van der Waals surface area contributed by atoms with E-state index in [0.29, 0.717) is 0 Å². The summed E-state index contributed by atoms with van der Waals surface area (Å²) in [5, 5.41) is 14.4. The minimum Gasteiger partial charge on any atom is -0.481 e. The fourth-order valence-corrected chi connectivity index (χ4v) is 4.88. The van der Waals surface area contributed by atoms with E-state index in [1.807, 2.05) is 66.7 Å². The highest BCUT2D eigenvalue weighted by Crippen LogP contribution is 2.44. The first kappa shape index (κ1) is 29.3. The SMILES string of the molecule is CC(C)[C@H](CC(=O)O)NC(=O)[C@H](CC(=O)OCc1ccccc1)NC(=O)OCC1c2ccccc2-c2ccccc21. The number of fused-ring (bicyclic) bond motifs is 3. The van der Waals surface area contributed by atoms with Gasteiger partial charge in [0.05, 0.1) is 12.8 Å². The van der Waals surface area contributed by atoms with Gasteiger partial charge in [0.15, 0.2) is 0 Å². The average molecular weight is 559 g/mol. The fraction of sp³-hybridized carbons (Fsp3) is 0.312. The van der Waals surface area contributed by atoms with Gasteiger partial charge in [-0.3, -0.25) is 14.4 Å². The molecular weight excluding hydrogens is 524 g/mol.